The zero-order valence-electron chi connectivity index (χ0n) is 16.1. The Labute approximate surface area is 169 Å². The maximum absolute atomic E-state index is 12.3. The minimum absolute atomic E-state index is 0.00737. The molecule has 1 N–H and O–H groups in total. The number of carbonyl (C=O) groups excluding carboxylic acids is 1. The summed E-state index contributed by atoms with van der Waals surface area (Å²) in [5, 5.41) is 3.46. The number of benzene rings is 1. The number of carbonyl (C=O) groups is 1. The van der Waals surface area contributed by atoms with Gasteiger partial charge in [0.25, 0.3) is 0 Å². The Morgan fingerprint density at radius 1 is 1.36 bits per heavy atom. The average molecular weight is 402 g/mol. The van der Waals surface area contributed by atoms with Crippen LogP contribution in [-0.2, 0) is 17.9 Å². The van der Waals surface area contributed by atoms with Crippen molar-refractivity contribution in [3.8, 4) is 5.75 Å². The zero-order chi connectivity index (χ0) is 19.7. The third kappa shape index (κ3) is 3.58. The highest BCUT2D eigenvalue weighted by Crippen LogP contribution is 2.40. The maximum atomic E-state index is 12.3. The number of aryl methyl sites for hydroxylation is 1. The average Bonchev–Trinajstić information content (AvgIpc) is 3.28. The number of nitrogens with zero attached hydrogens (tertiary/aromatic N) is 4. The van der Waals surface area contributed by atoms with Crippen LogP contribution in [0, 0.1) is 5.92 Å². The number of aromatic nitrogens is 2. The van der Waals surface area contributed by atoms with Crippen LogP contribution in [0.2, 0.25) is 5.02 Å². The van der Waals surface area contributed by atoms with Crippen LogP contribution < -0.4 is 10.1 Å². The molecule has 1 unspecified atom stereocenters. The third-order valence-electron chi connectivity index (χ3n) is 5.11. The van der Waals surface area contributed by atoms with Crippen LogP contribution in [0.25, 0.3) is 0 Å². The second-order valence-corrected chi connectivity index (χ2v) is 7.85. The van der Waals surface area contributed by atoms with Crippen molar-refractivity contribution in [3.05, 3.63) is 41.4 Å². The molecule has 0 radical (unpaired) electrons. The van der Waals surface area contributed by atoms with Crippen LogP contribution in [0.1, 0.15) is 32.3 Å². The van der Waals surface area contributed by atoms with Crippen molar-refractivity contribution in [1.29, 1.82) is 0 Å². The number of ether oxygens (including phenoxy) is 1. The first kappa shape index (κ1) is 18.8. The molecule has 148 valence electrons. The lowest BCUT2D eigenvalue weighted by Gasteiger charge is -2.30. The van der Waals surface area contributed by atoms with E-state index < -0.39 is 0 Å². The Morgan fingerprint density at radius 2 is 2.21 bits per heavy atom. The molecule has 8 heteroatoms. The monoisotopic (exact) mass is 401 g/mol. The first-order valence-corrected chi connectivity index (χ1v) is 9.98. The molecule has 2 aliphatic heterocycles. The molecule has 0 spiro atoms. The molecule has 0 bridgehead atoms. The first-order valence-electron chi connectivity index (χ1n) is 9.60. The van der Waals surface area contributed by atoms with E-state index in [-0.39, 0.29) is 17.9 Å². The smallest absolute Gasteiger partial charge is 0.249 e. The van der Waals surface area contributed by atoms with Crippen molar-refractivity contribution in [2.24, 2.45) is 10.9 Å². The normalized spacial score (nSPS) is 18.0. The Bertz CT molecular complexity index is 894. The molecule has 1 saturated heterocycles. The number of aliphatic imine (C=N–C) groups is 1. The van der Waals surface area contributed by atoms with E-state index in [0.717, 1.165) is 30.6 Å². The number of imidazole rings is 1. The highest BCUT2D eigenvalue weighted by Gasteiger charge is 2.41. The van der Waals surface area contributed by atoms with Crippen molar-refractivity contribution in [3.63, 3.8) is 0 Å². The fourth-order valence-corrected chi connectivity index (χ4v) is 3.97. The van der Waals surface area contributed by atoms with Gasteiger partial charge in [0.05, 0.1) is 30.2 Å². The summed E-state index contributed by atoms with van der Waals surface area (Å²) in [6, 6.07) is 3.53. The predicted molar refractivity (Wildman–Crippen MR) is 108 cm³/mol. The maximum Gasteiger partial charge on any atom is 0.249 e. The van der Waals surface area contributed by atoms with Crippen molar-refractivity contribution in [2.75, 3.05) is 6.61 Å². The number of hydrogen-bond acceptors (Lipinski definition) is 5. The second kappa shape index (κ2) is 7.83. The van der Waals surface area contributed by atoms with E-state index in [1.807, 2.05) is 43.4 Å². The van der Waals surface area contributed by atoms with Gasteiger partial charge in [-0.1, -0.05) is 25.4 Å². The highest BCUT2D eigenvalue weighted by molar-refractivity contribution is 6.33. The van der Waals surface area contributed by atoms with Gasteiger partial charge >= 0.3 is 0 Å². The second-order valence-electron chi connectivity index (χ2n) is 7.47. The van der Waals surface area contributed by atoms with Gasteiger partial charge in [0.15, 0.2) is 0 Å². The van der Waals surface area contributed by atoms with E-state index in [9.17, 15) is 4.79 Å². The quantitative estimate of drug-likeness (QED) is 0.722. The van der Waals surface area contributed by atoms with Crippen molar-refractivity contribution >= 4 is 29.2 Å². The zero-order valence-corrected chi connectivity index (χ0v) is 16.8. The molecular weight excluding hydrogens is 378 g/mol. The van der Waals surface area contributed by atoms with Gasteiger partial charge in [0, 0.05) is 24.5 Å². The summed E-state index contributed by atoms with van der Waals surface area (Å²) in [7, 11) is 0. The van der Waals surface area contributed by atoms with Crippen molar-refractivity contribution < 1.29 is 9.53 Å². The van der Waals surface area contributed by atoms with E-state index in [2.05, 4.69) is 19.9 Å². The minimum atomic E-state index is -0.226. The van der Waals surface area contributed by atoms with E-state index in [0.29, 0.717) is 29.9 Å². The third-order valence-corrected chi connectivity index (χ3v) is 5.52. The molecule has 1 aromatic heterocycles. The Kier molecular flexibility index (Phi) is 5.26. The number of rotatable bonds is 7. The molecule has 2 aromatic rings. The SMILES string of the molecule is CC(C)C1C(=O)NC2=Nc3ccc(OCCCCn4ccnc4)c(Cl)c3CN21. The van der Waals surface area contributed by atoms with Gasteiger partial charge in [-0.05, 0) is 30.9 Å². The molecule has 1 aromatic carbocycles. The number of fused-ring (bicyclic) bond motifs is 2. The number of hydrogen-bond donors (Lipinski definition) is 1. The topological polar surface area (TPSA) is 71.7 Å². The summed E-state index contributed by atoms with van der Waals surface area (Å²) in [6.45, 7) is 6.14. The molecule has 0 saturated carbocycles. The summed E-state index contributed by atoms with van der Waals surface area (Å²) < 4.78 is 7.98. The summed E-state index contributed by atoms with van der Waals surface area (Å²) in [4.78, 5) is 22.9. The molecule has 0 aliphatic carbocycles. The summed E-state index contributed by atoms with van der Waals surface area (Å²) in [6.07, 6.45) is 7.49. The molecule has 1 atom stereocenters. The van der Waals surface area contributed by atoms with Gasteiger partial charge < -0.3 is 14.2 Å². The number of guanidine groups is 1. The molecule has 4 rings (SSSR count). The molecule has 1 fully saturated rings. The van der Waals surface area contributed by atoms with Crippen LogP contribution in [0.4, 0.5) is 5.69 Å². The van der Waals surface area contributed by atoms with Crippen LogP contribution in [0.15, 0.2) is 35.8 Å². The lowest BCUT2D eigenvalue weighted by molar-refractivity contribution is -0.122. The van der Waals surface area contributed by atoms with E-state index >= 15 is 0 Å². The van der Waals surface area contributed by atoms with E-state index in [1.54, 1.807) is 6.20 Å². The first-order chi connectivity index (χ1) is 13.5. The van der Waals surface area contributed by atoms with Gasteiger partial charge in [0.1, 0.15) is 11.8 Å². The number of amides is 1. The number of unbranched alkanes of at least 4 members (excludes halogenated alkanes) is 1. The van der Waals surface area contributed by atoms with Gasteiger partial charge in [-0.3, -0.25) is 10.1 Å². The van der Waals surface area contributed by atoms with E-state index in [4.69, 9.17) is 16.3 Å². The fraction of sp³-hybridized carbons (Fsp3) is 0.450. The van der Waals surface area contributed by atoms with Gasteiger partial charge in [-0.15, -0.1) is 0 Å². The highest BCUT2D eigenvalue weighted by atomic mass is 35.5. The largest absolute Gasteiger partial charge is 0.492 e. The standard InChI is InChI=1S/C20H24ClN5O2/c1-13(2)18-19(27)24-20-23-15-5-6-16(17(21)14(15)11-26(18)20)28-10-4-3-8-25-9-7-22-12-25/h5-7,9,12-13,18H,3-4,8,10-11H2,1-2H3,(H,23,24,27). The fourth-order valence-electron chi connectivity index (χ4n) is 3.70. The lowest BCUT2D eigenvalue weighted by Crippen LogP contribution is -2.40. The molecule has 3 heterocycles. The van der Waals surface area contributed by atoms with Gasteiger partial charge in [-0.2, -0.15) is 0 Å². The van der Waals surface area contributed by atoms with Crippen LogP contribution in [-0.4, -0.2) is 39.0 Å². The van der Waals surface area contributed by atoms with Gasteiger partial charge in [0.2, 0.25) is 11.9 Å². The molecule has 2 aliphatic rings. The van der Waals surface area contributed by atoms with Crippen LogP contribution in [0.5, 0.6) is 5.75 Å². The number of nitrogens with one attached hydrogen (secondary N) is 1. The summed E-state index contributed by atoms with van der Waals surface area (Å²) in [5.74, 6) is 1.46. The van der Waals surface area contributed by atoms with Crippen LogP contribution in [0.3, 0.4) is 0 Å². The summed E-state index contributed by atoms with van der Waals surface area (Å²) >= 11 is 6.64. The Morgan fingerprint density at radius 3 is 2.96 bits per heavy atom. The summed E-state index contributed by atoms with van der Waals surface area (Å²) in [5.41, 5.74) is 1.69. The molecule has 28 heavy (non-hydrogen) atoms. The predicted octanol–water partition coefficient (Wildman–Crippen LogP) is 3.35. The van der Waals surface area contributed by atoms with Crippen LogP contribution >= 0.6 is 11.6 Å². The Hall–Kier alpha value is -2.54. The van der Waals surface area contributed by atoms with Crippen molar-refractivity contribution in [1.82, 2.24) is 19.8 Å². The molecule has 1 amide bonds. The van der Waals surface area contributed by atoms with Crippen molar-refractivity contribution in [2.45, 2.75) is 45.8 Å². The molecule has 7 nitrogen and oxygen atoms in total. The Balaban J connectivity index is 1.41. The minimum Gasteiger partial charge on any atom is -0.492 e. The van der Waals surface area contributed by atoms with Gasteiger partial charge in [-0.25, -0.2) is 9.98 Å². The lowest BCUT2D eigenvalue weighted by atomic mass is 10.0. The van der Waals surface area contributed by atoms with E-state index in [1.165, 1.54) is 0 Å². The number of halogens is 1. The molecular formula is C20H24ClN5O2.